The minimum atomic E-state index is -0.576. The highest BCUT2D eigenvalue weighted by molar-refractivity contribution is 6.39. The summed E-state index contributed by atoms with van der Waals surface area (Å²) in [7, 11) is 0. The number of rotatable bonds is 4. The molecule has 1 atom stereocenters. The molecular weight excluding hydrogens is 304 g/mol. The summed E-state index contributed by atoms with van der Waals surface area (Å²) in [5, 5.41) is 12.4. The van der Waals surface area contributed by atoms with Crippen molar-refractivity contribution in [3.05, 3.63) is 29.3 Å². The van der Waals surface area contributed by atoms with Gasteiger partial charge in [-0.15, -0.1) is 0 Å². The van der Waals surface area contributed by atoms with Crippen LogP contribution in [0, 0.1) is 5.92 Å². The maximum absolute atomic E-state index is 12.4. The number of hydrogen-bond acceptors (Lipinski definition) is 3. The number of benzene rings is 1. The van der Waals surface area contributed by atoms with Crippen molar-refractivity contribution in [1.82, 2.24) is 4.90 Å². The molecule has 1 saturated heterocycles. The van der Waals surface area contributed by atoms with Gasteiger partial charge in [0.25, 0.3) is 0 Å². The number of anilines is 1. The first kappa shape index (κ1) is 18.5. The molecular formula is C19H28N2O3. The molecule has 0 aliphatic carbocycles. The molecule has 1 unspecified atom stereocenters. The third kappa shape index (κ3) is 4.35. The van der Waals surface area contributed by atoms with E-state index in [1.54, 1.807) is 11.8 Å². The number of carbonyl (C=O) groups excluding carboxylic acids is 2. The number of piperidine rings is 1. The third-order valence-electron chi connectivity index (χ3n) is 4.91. The monoisotopic (exact) mass is 332 g/mol. The highest BCUT2D eigenvalue weighted by atomic mass is 16.3. The molecule has 1 aromatic carbocycles. The Morgan fingerprint density at radius 1 is 1.25 bits per heavy atom. The Morgan fingerprint density at radius 2 is 1.92 bits per heavy atom. The molecule has 0 bridgehead atoms. The number of amides is 2. The first-order valence-corrected chi connectivity index (χ1v) is 8.86. The lowest BCUT2D eigenvalue weighted by molar-refractivity contribution is -0.144. The smallest absolute Gasteiger partial charge is 0.313 e. The summed E-state index contributed by atoms with van der Waals surface area (Å²) in [5.41, 5.74) is 2.89. The van der Waals surface area contributed by atoms with Gasteiger partial charge in [-0.2, -0.15) is 0 Å². The van der Waals surface area contributed by atoms with Crippen LogP contribution in [0.25, 0.3) is 0 Å². The number of hydrogen-bond donors (Lipinski definition) is 2. The quantitative estimate of drug-likeness (QED) is 0.832. The summed E-state index contributed by atoms with van der Waals surface area (Å²) in [6, 6.07) is 6.01. The van der Waals surface area contributed by atoms with Gasteiger partial charge in [-0.3, -0.25) is 9.59 Å². The Bertz CT molecular complexity index is 590. The minimum Gasteiger partial charge on any atom is -0.393 e. The van der Waals surface area contributed by atoms with E-state index in [-0.39, 0.29) is 12.0 Å². The van der Waals surface area contributed by atoms with E-state index in [0.717, 1.165) is 42.5 Å². The molecule has 2 rings (SSSR count). The number of likely N-dealkylation sites (tertiary alicyclic amines) is 1. The molecule has 2 N–H and O–H groups in total. The van der Waals surface area contributed by atoms with Crippen molar-refractivity contribution in [2.45, 2.75) is 52.6 Å². The second-order valence-corrected chi connectivity index (χ2v) is 6.52. The average Bonchev–Trinajstić information content (AvgIpc) is 2.60. The fourth-order valence-electron chi connectivity index (χ4n) is 3.17. The molecule has 1 aliphatic heterocycles. The molecule has 1 aliphatic rings. The van der Waals surface area contributed by atoms with Crippen LogP contribution < -0.4 is 5.32 Å². The molecule has 2 amide bonds. The van der Waals surface area contributed by atoms with Gasteiger partial charge in [-0.1, -0.05) is 26.0 Å². The van der Waals surface area contributed by atoms with E-state index in [0.29, 0.717) is 13.1 Å². The summed E-state index contributed by atoms with van der Waals surface area (Å²) < 4.78 is 0. The average molecular weight is 332 g/mol. The van der Waals surface area contributed by atoms with Crippen molar-refractivity contribution in [3.8, 4) is 0 Å². The van der Waals surface area contributed by atoms with Gasteiger partial charge in [0.15, 0.2) is 0 Å². The number of aliphatic hydroxyl groups excluding tert-OH is 1. The number of nitrogens with one attached hydrogen (secondary N) is 1. The molecule has 0 spiro atoms. The molecule has 1 aromatic rings. The molecule has 1 heterocycles. The van der Waals surface area contributed by atoms with Gasteiger partial charge < -0.3 is 15.3 Å². The van der Waals surface area contributed by atoms with E-state index in [4.69, 9.17) is 0 Å². The van der Waals surface area contributed by atoms with Crippen LogP contribution in [0.1, 0.15) is 44.7 Å². The lowest BCUT2D eigenvalue weighted by Gasteiger charge is -2.32. The Labute approximate surface area is 144 Å². The maximum Gasteiger partial charge on any atom is 0.313 e. The van der Waals surface area contributed by atoms with Gasteiger partial charge in [0.2, 0.25) is 0 Å². The molecule has 0 radical (unpaired) electrons. The van der Waals surface area contributed by atoms with Gasteiger partial charge in [0, 0.05) is 18.8 Å². The van der Waals surface area contributed by atoms with Gasteiger partial charge >= 0.3 is 11.8 Å². The second kappa shape index (κ2) is 8.29. The minimum absolute atomic E-state index is 0.213. The van der Waals surface area contributed by atoms with Crippen molar-refractivity contribution < 1.29 is 14.7 Å². The fraction of sp³-hybridized carbons (Fsp3) is 0.579. The van der Waals surface area contributed by atoms with Crippen LogP contribution in [-0.4, -0.2) is 41.0 Å². The predicted octanol–water partition coefficient (Wildman–Crippen LogP) is 2.37. The van der Waals surface area contributed by atoms with E-state index in [9.17, 15) is 14.7 Å². The van der Waals surface area contributed by atoms with Gasteiger partial charge in [0.05, 0.1) is 6.10 Å². The summed E-state index contributed by atoms with van der Waals surface area (Å²) in [4.78, 5) is 26.3. The SMILES string of the molecule is CCc1ccc(CC)c(NC(=O)C(=O)N2CCC(C(C)O)CC2)c1. The Morgan fingerprint density at radius 3 is 2.46 bits per heavy atom. The standard InChI is InChI=1S/C19H28N2O3/c1-4-14-6-7-15(5-2)17(12-14)20-18(23)19(24)21-10-8-16(9-11-21)13(3)22/h6-7,12-13,16,22H,4-5,8-11H2,1-3H3,(H,20,23). The number of aryl methyl sites for hydroxylation is 2. The first-order chi connectivity index (χ1) is 11.5. The van der Waals surface area contributed by atoms with E-state index >= 15 is 0 Å². The number of aliphatic hydroxyl groups is 1. The van der Waals surface area contributed by atoms with E-state index in [1.807, 2.05) is 19.1 Å². The van der Waals surface area contributed by atoms with Gasteiger partial charge in [-0.05, 0) is 55.7 Å². The lowest BCUT2D eigenvalue weighted by Crippen LogP contribution is -2.45. The van der Waals surface area contributed by atoms with Crippen LogP contribution in [0.4, 0.5) is 5.69 Å². The number of carbonyl (C=O) groups is 2. The Kier molecular flexibility index (Phi) is 6.37. The highest BCUT2D eigenvalue weighted by Crippen LogP contribution is 2.22. The van der Waals surface area contributed by atoms with E-state index in [1.165, 1.54) is 0 Å². The molecule has 5 heteroatoms. The summed E-state index contributed by atoms with van der Waals surface area (Å²) >= 11 is 0. The maximum atomic E-state index is 12.4. The van der Waals surface area contributed by atoms with E-state index < -0.39 is 11.8 Å². The molecule has 24 heavy (non-hydrogen) atoms. The normalized spacial score (nSPS) is 16.8. The predicted molar refractivity (Wildman–Crippen MR) is 94.8 cm³/mol. The first-order valence-electron chi connectivity index (χ1n) is 8.86. The zero-order valence-electron chi connectivity index (χ0n) is 14.8. The van der Waals surface area contributed by atoms with Crippen molar-refractivity contribution in [1.29, 1.82) is 0 Å². The topological polar surface area (TPSA) is 69.6 Å². The highest BCUT2D eigenvalue weighted by Gasteiger charge is 2.29. The lowest BCUT2D eigenvalue weighted by atomic mass is 9.92. The van der Waals surface area contributed by atoms with Crippen LogP contribution >= 0.6 is 0 Å². The van der Waals surface area contributed by atoms with Crippen molar-refractivity contribution in [3.63, 3.8) is 0 Å². The zero-order valence-corrected chi connectivity index (χ0v) is 14.8. The molecule has 132 valence electrons. The zero-order chi connectivity index (χ0) is 17.7. The summed E-state index contributed by atoms with van der Waals surface area (Å²) in [6.45, 7) is 6.92. The van der Waals surface area contributed by atoms with Crippen molar-refractivity contribution in [2.75, 3.05) is 18.4 Å². The third-order valence-corrected chi connectivity index (χ3v) is 4.91. The summed E-state index contributed by atoms with van der Waals surface area (Å²) in [5.74, 6) is -0.846. The summed E-state index contributed by atoms with van der Waals surface area (Å²) in [6.07, 6.45) is 2.80. The van der Waals surface area contributed by atoms with Crippen LogP contribution in [0.3, 0.4) is 0 Å². The molecule has 0 aromatic heterocycles. The van der Waals surface area contributed by atoms with Gasteiger partial charge in [-0.25, -0.2) is 0 Å². The fourth-order valence-corrected chi connectivity index (χ4v) is 3.17. The number of nitrogens with zero attached hydrogens (tertiary/aromatic N) is 1. The molecule has 0 saturated carbocycles. The van der Waals surface area contributed by atoms with E-state index in [2.05, 4.69) is 18.3 Å². The van der Waals surface area contributed by atoms with Crippen molar-refractivity contribution in [2.24, 2.45) is 5.92 Å². The Balaban J connectivity index is 2.01. The largest absolute Gasteiger partial charge is 0.393 e. The van der Waals surface area contributed by atoms with Crippen molar-refractivity contribution >= 4 is 17.5 Å². The van der Waals surface area contributed by atoms with Crippen LogP contribution in [0.15, 0.2) is 18.2 Å². The van der Waals surface area contributed by atoms with Gasteiger partial charge in [0.1, 0.15) is 0 Å². The van der Waals surface area contributed by atoms with Crippen LogP contribution in [0.5, 0.6) is 0 Å². The Hall–Kier alpha value is -1.88. The second-order valence-electron chi connectivity index (χ2n) is 6.52. The molecule has 1 fully saturated rings. The molecule has 5 nitrogen and oxygen atoms in total. The van der Waals surface area contributed by atoms with Crippen LogP contribution in [0.2, 0.25) is 0 Å². The van der Waals surface area contributed by atoms with Crippen LogP contribution in [-0.2, 0) is 22.4 Å².